The number of carbonyl (C=O) groups excluding carboxylic acids is 3. The molecule has 27 heavy (non-hydrogen) atoms. The van der Waals surface area contributed by atoms with E-state index in [2.05, 4.69) is 4.98 Å². The number of rotatable bonds is 7. The van der Waals surface area contributed by atoms with Crippen LogP contribution in [0.4, 0.5) is 0 Å². The lowest BCUT2D eigenvalue weighted by Gasteiger charge is -2.08. The van der Waals surface area contributed by atoms with Gasteiger partial charge in [-0.05, 0) is 33.3 Å². The molecule has 2 aromatic rings. The van der Waals surface area contributed by atoms with Gasteiger partial charge in [-0.2, -0.15) is 0 Å². The van der Waals surface area contributed by atoms with E-state index in [1.54, 1.807) is 32.9 Å². The first-order valence-electron chi connectivity index (χ1n) is 8.78. The number of aromatic nitrogens is 1. The zero-order valence-corrected chi connectivity index (χ0v) is 15.9. The minimum absolute atomic E-state index is 0.0396. The number of hydrogen-bond acceptors (Lipinski definition) is 6. The number of aromatic amines is 1. The van der Waals surface area contributed by atoms with Crippen molar-refractivity contribution in [1.82, 2.24) is 4.98 Å². The van der Waals surface area contributed by atoms with Crippen molar-refractivity contribution in [2.45, 2.75) is 27.7 Å². The number of hydrogen-bond donors (Lipinski definition) is 1. The first-order chi connectivity index (χ1) is 12.9. The number of H-pyrrole nitrogens is 1. The lowest BCUT2D eigenvalue weighted by molar-refractivity contribution is 0.0460. The van der Waals surface area contributed by atoms with Crippen molar-refractivity contribution in [2.24, 2.45) is 0 Å². The molecule has 0 aliphatic heterocycles. The van der Waals surface area contributed by atoms with Crippen LogP contribution in [0.25, 0.3) is 11.3 Å². The third-order valence-corrected chi connectivity index (χ3v) is 3.78. The summed E-state index contributed by atoms with van der Waals surface area (Å²) >= 11 is 0. The Bertz CT molecular complexity index is 835. The van der Waals surface area contributed by atoms with Crippen LogP contribution in [-0.2, 0) is 14.2 Å². The molecule has 0 amide bonds. The van der Waals surface area contributed by atoms with Crippen LogP contribution in [0.1, 0.15) is 57.5 Å². The number of esters is 3. The average Bonchev–Trinajstić information content (AvgIpc) is 3.04. The number of aryl methyl sites for hydroxylation is 1. The van der Waals surface area contributed by atoms with Gasteiger partial charge < -0.3 is 19.2 Å². The second-order valence-corrected chi connectivity index (χ2v) is 5.65. The Labute approximate surface area is 157 Å². The van der Waals surface area contributed by atoms with Crippen LogP contribution in [0.3, 0.4) is 0 Å². The van der Waals surface area contributed by atoms with Crippen molar-refractivity contribution in [3.8, 4) is 11.3 Å². The van der Waals surface area contributed by atoms with E-state index in [1.807, 2.05) is 19.1 Å². The van der Waals surface area contributed by atoms with E-state index in [-0.39, 0.29) is 36.6 Å². The highest BCUT2D eigenvalue weighted by Crippen LogP contribution is 2.30. The van der Waals surface area contributed by atoms with E-state index in [9.17, 15) is 14.4 Å². The second kappa shape index (κ2) is 9.02. The summed E-state index contributed by atoms with van der Waals surface area (Å²) in [6, 6.07) is 7.29. The summed E-state index contributed by atoms with van der Waals surface area (Å²) in [5, 5.41) is 0. The molecule has 1 aromatic carbocycles. The SMILES string of the molecule is CCOC(=O)c1[nH]c(-c2ccc(C)cc2)c(C(=O)OCC)c1C(=O)OCC. The smallest absolute Gasteiger partial charge is 0.355 e. The van der Waals surface area contributed by atoms with Crippen LogP contribution in [0, 0.1) is 6.92 Å². The lowest BCUT2D eigenvalue weighted by atomic mass is 10.0. The Morgan fingerprint density at radius 1 is 0.778 bits per heavy atom. The molecule has 1 N–H and O–H groups in total. The summed E-state index contributed by atoms with van der Waals surface area (Å²) in [7, 11) is 0. The van der Waals surface area contributed by atoms with Gasteiger partial charge in [0.05, 0.1) is 25.5 Å². The Balaban J connectivity index is 2.75. The maximum atomic E-state index is 12.6. The summed E-state index contributed by atoms with van der Waals surface area (Å²) in [5.41, 5.74) is 1.61. The molecule has 1 heterocycles. The van der Waals surface area contributed by atoms with Gasteiger partial charge in [0.2, 0.25) is 0 Å². The summed E-state index contributed by atoms with van der Waals surface area (Å²) < 4.78 is 15.2. The Morgan fingerprint density at radius 2 is 1.26 bits per heavy atom. The average molecular weight is 373 g/mol. The summed E-state index contributed by atoms with van der Waals surface area (Å²) in [5.74, 6) is -2.26. The van der Waals surface area contributed by atoms with Gasteiger partial charge in [-0.1, -0.05) is 29.8 Å². The summed E-state index contributed by atoms with van der Waals surface area (Å²) in [6.07, 6.45) is 0. The van der Waals surface area contributed by atoms with Crippen LogP contribution < -0.4 is 0 Å². The quantitative estimate of drug-likeness (QED) is 0.589. The molecule has 7 heteroatoms. The monoisotopic (exact) mass is 373 g/mol. The molecule has 2 rings (SSSR count). The molecule has 0 atom stereocenters. The van der Waals surface area contributed by atoms with Crippen molar-refractivity contribution in [1.29, 1.82) is 0 Å². The van der Waals surface area contributed by atoms with E-state index in [4.69, 9.17) is 14.2 Å². The molecule has 0 unspecified atom stereocenters. The molecule has 0 radical (unpaired) electrons. The normalized spacial score (nSPS) is 10.4. The zero-order valence-electron chi connectivity index (χ0n) is 15.9. The fourth-order valence-corrected chi connectivity index (χ4v) is 2.61. The molecule has 0 saturated heterocycles. The van der Waals surface area contributed by atoms with Gasteiger partial charge >= 0.3 is 17.9 Å². The van der Waals surface area contributed by atoms with Crippen LogP contribution in [-0.4, -0.2) is 42.7 Å². The Hall–Kier alpha value is -3.09. The van der Waals surface area contributed by atoms with Crippen LogP contribution in [0.15, 0.2) is 24.3 Å². The van der Waals surface area contributed by atoms with Crippen molar-refractivity contribution in [2.75, 3.05) is 19.8 Å². The lowest BCUT2D eigenvalue weighted by Crippen LogP contribution is -2.17. The van der Waals surface area contributed by atoms with Crippen molar-refractivity contribution >= 4 is 17.9 Å². The van der Waals surface area contributed by atoms with E-state index in [0.717, 1.165) is 5.56 Å². The number of benzene rings is 1. The highest BCUT2D eigenvalue weighted by atomic mass is 16.5. The van der Waals surface area contributed by atoms with Gasteiger partial charge in [0, 0.05) is 0 Å². The van der Waals surface area contributed by atoms with Crippen LogP contribution in [0.5, 0.6) is 0 Å². The standard InChI is InChI=1S/C20H23NO6/c1-5-25-18(22)14-15(19(23)26-6-2)17(20(24)27-7-3)21-16(14)13-10-8-12(4)9-11-13/h8-11,21H,5-7H2,1-4H3. The molecule has 0 fully saturated rings. The fourth-order valence-electron chi connectivity index (χ4n) is 2.61. The van der Waals surface area contributed by atoms with Crippen LogP contribution >= 0.6 is 0 Å². The maximum Gasteiger partial charge on any atom is 0.355 e. The summed E-state index contributed by atoms with van der Waals surface area (Å²) in [6.45, 7) is 7.21. The number of ether oxygens (including phenoxy) is 3. The molecule has 0 spiro atoms. The van der Waals surface area contributed by atoms with Gasteiger partial charge in [0.25, 0.3) is 0 Å². The third kappa shape index (κ3) is 4.36. The van der Waals surface area contributed by atoms with Crippen LogP contribution in [0.2, 0.25) is 0 Å². The third-order valence-electron chi connectivity index (χ3n) is 3.78. The minimum Gasteiger partial charge on any atom is -0.462 e. The Kier molecular flexibility index (Phi) is 6.76. The van der Waals surface area contributed by atoms with E-state index in [1.165, 1.54) is 0 Å². The van der Waals surface area contributed by atoms with E-state index >= 15 is 0 Å². The maximum absolute atomic E-state index is 12.6. The van der Waals surface area contributed by atoms with Crippen molar-refractivity contribution in [3.05, 3.63) is 46.6 Å². The second-order valence-electron chi connectivity index (χ2n) is 5.65. The molecule has 0 saturated carbocycles. The minimum atomic E-state index is -0.793. The number of nitrogens with one attached hydrogen (secondary N) is 1. The fraction of sp³-hybridized carbons (Fsp3) is 0.350. The van der Waals surface area contributed by atoms with Crippen molar-refractivity contribution < 1.29 is 28.6 Å². The molecule has 0 bridgehead atoms. The molecule has 7 nitrogen and oxygen atoms in total. The predicted octanol–water partition coefficient (Wildman–Crippen LogP) is 3.52. The highest BCUT2D eigenvalue weighted by molar-refractivity contribution is 6.13. The molecular formula is C20H23NO6. The van der Waals surface area contributed by atoms with Gasteiger partial charge in [-0.3, -0.25) is 0 Å². The zero-order chi connectivity index (χ0) is 20.0. The first kappa shape index (κ1) is 20.2. The Morgan fingerprint density at radius 3 is 1.78 bits per heavy atom. The molecule has 0 aliphatic carbocycles. The largest absolute Gasteiger partial charge is 0.462 e. The highest BCUT2D eigenvalue weighted by Gasteiger charge is 2.33. The predicted molar refractivity (Wildman–Crippen MR) is 98.8 cm³/mol. The summed E-state index contributed by atoms with van der Waals surface area (Å²) in [4.78, 5) is 40.4. The molecule has 144 valence electrons. The topological polar surface area (TPSA) is 94.7 Å². The molecule has 1 aromatic heterocycles. The molecule has 0 aliphatic rings. The van der Waals surface area contributed by atoms with E-state index < -0.39 is 17.9 Å². The van der Waals surface area contributed by atoms with E-state index in [0.29, 0.717) is 11.3 Å². The van der Waals surface area contributed by atoms with Gasteiger partial charge in [-0.15, -0.1) is 0 Å². The first-order valence-corrected chi connectivity index (χ1v) is 8.78. The van der Waals surface area contributed by atoms with Gasteiger partial charge in [0.1, 0.15) is 16.8 Å². The molecular weight excluding hydrogens is 350 g/mol. The van der Waals surface area contributed by atoms with Gasteiger partial charge in [0.15, 0.2) is 0 Å². The number of carbonyl (C=O) groups is 3. The van der Waals surface area contributed by atoms with Gasteiger partial charge in [-0.25, -0.2) is 14.4 Å². The van der Waals surface area contributed by atoms with Crippen molar-refractivity contribution in [3.63, 3.8) is 0 Å².